The van der Waals surface area contributed by atoms with E-state index in [4.69, 9.17) is 5.11 Å². The maximum atomic E-state index is 11.1. The zero-order valence-electron chi connectivity index (χ0n) is 9.61. The molecule has 1 N–H and O–H groups in total. The van der Waals surface area contributed by atoms with E-state index in [1.54, 1.807) is 19.0 Å². The monoisotopic (exact) mass is 207 g/mol. The van der Waals surface area contributed by atoms with Crippen molar-refractivity contribution in [3.05, 3.63) is 34.9 Å². The molecule has 0 saturated carbocycles. The summed E-state index contributed by atoms with van der Waals surface area (Å²) in [5, 5.41) is 9.14. The van der Waals surface area contributed by atoms with E-state index in [2.05, 4.69) is 0 Å². The average Bonchev–Trinajstić information content (AvgIpc) is 1.99. The van der Waals surface area contributed by atoms with Gasteiger partial charge in [0.2, 0.25) is 0 Å². The molecule has 1 aromatic rings. The zero-order chi connectivity index (χ0) is 11.6. The van der Waals surface area contributed by atoms with Crippen molar-refractivity contribution in [2.45, 2.75) is 19.9 Å². The molecular weight excluding hydrogens is 190 g/mol. The molecule has 1 atom stereocenters. The Hall–Kier alpha value is -1.35. The van der Waals surface area contributed by atoms with Gasteiger partial charge in [-0.2, -0.15) is 0 Å². The number of rotatable bonds is 3. The van der Waals surface area contributed by atoms with E-state index in [9.17, 15) is 4.79 Å². The van der Waals surface area contributed by atoms with Crippen LogP contribution in [0.2, 0.25) is 0 Å². The predicted molar refractivity (Wildman–Crippen MR) is 60.0 cm³/mol. The van der Waals surface area contributed by atoms with Gasteiger partial charge >= 0.3 is 5.97 Å². The quantitative estimate of drug-likeness (QED) is 0.824. The Balaban J connectivity index is 3.17. The highest BCUT2D eigenvalue weighted by Crippen LogP contribution is 2.21. The van der Waals surface area contributed by atoms with Crippen LogP contribution in [0.3, 0.4) is 0 Å². The first-order valence-corrected chi connectivity index (χ1v) is 4.89. The number of carboxylic acids is 1. The van der Waals surface area contributed by atoms with Crippen molar-refractivity contribution in [2.75, 3.05) is 14.1 Å². The van der Waals surface area contributed by atoms with Crippen molar-refractivity contribution < 1.29 is 9.90 Å². The van der Waals surface area contributed by atoms with E-state index in [1.807, 2.05) is 32.0 Å². The summed E-state index contributed by atoms with van der Waals surface area (Å²) in [6.45, 7) is 3.95. The second kappa shape index (κ2) is 4.45. The first-order chi connectivity index (χ1) is 6.91. The van der Waals surface area contributed by atoms with Crippen molar-refractivity contribution in [3.63, 3.8) is 0 Å². The van der Waals surface area contributed by atoms with Gasteiger partial charge in [0.05, 0.1) is 0 Å². The average molecular weight is 207 g/mol. The molecular formula is C12H17NO2. The van der Waals surface area contributed by atoms with Crippen LogP contribution in [0.1, 0.15) is 22.7 Å². The van der Waals surface area contributed by atoms with Gasteiger partial charge in [0.25, 0.3) is 0 Å². The number of aliphatic carboxylic acids is 1. The summed E-state index contributed by atoms with van der Waals surface area (Å²) in [6, 6.07) is 5.32. The molecule has 0 aliphatic heterocycles. The molecule has 0 heterocycles. The van der Waals surface area contributed by atoms with Crippen molar-refractivity contribution in [3.8, 4) is 0 Å². The Bertz CT molecular complexity index is 352. The Kier molecular flexibility index (Phi) is 3.48. The highest BCUT2D eigenvalue weighted by Gasteiger charge is 2.22. The van der Waals surface area contributed by atoms with E-state index in [0.29, 0.717) is 0 Å². The molecule has 1 rings (SSSR count). The summed E-state index contributed by atoms with van der Waals surface area (Å²) in [6.07, 6.45) is 0. The molecule has 3 heteroatoms. The zero-order valence-corrected chi connectivity index (χ0v) is 9.61. The number of hydrogen-bond acceptors (Lipinski definition) is 2. The molecule has 1 unspecified atom stereocenters. The Morgan fingerprint density at radius 3 is 2.00 bits per heavy atom. The highest BCUT2D eigenvalue weighted by molar-refractivity contribution is 5.75. The number of hydrogen-bond donors (Lipinski definition) is 1. The van der Waals surface area contributed by atoms with Crippen LogP contribution in [0.4, 0.5) is 0 Å². The summed E-state index contributed by atoms with van der Waals surface area (Å²) in [5.74, 6) is -0.815. The Morgan fingerprint density at radius 2 is 1.67 bits per heavy atom. The maximum Gasteiger partial charge on any atom is 0.325 e. The van der Waals surface area contributed by atoms with Crippen LogP contribution in [0, 0.1) is 13.8 Å². The van der Waals surface area contributed by atoms with E-state index in [0.717, 1.165) is 16.7 Å². The number of likely N-dealkylation sites (N-methyl/N-ethyl adjacent to an activating group) is 1. The molecule has 0 spiro atoms. The SMILES string of the molecule is Cc1cc(C)cc(C(C(=O)O)N(C)C)c1. The lowest BCUT2D eigenvalue weighted by Gasteiger charge is -2.21. The van der Waals surface area contributed by atoms with Crippen LogP contribution >= 0.6 is 0 Å². The van der Waals surface area contributed by atoms with Crippen LogP contribution in [0.15, 0.2) is 18.2 Å². The lowest BCUT2D eigenvalue weighted by molar-refractivity contribution is -0.142. The molecule has 0 bridgehead atoms. The van der Waals surface area contributed by atoms with E-state index >= 15 is 0 Å². The molecule has 1 aromatic carbocycles. The van der Waals surface area contributed by atoms with E-state index in [-0.39, 0.29) is 0 Å². The second-order valence-corrected chi connectivity index (χ2v) is 4.13. The largest absolute Gasteiger partial charge is 0.480 e. The summed E-state index contributed by atoms with van der Waals surface area (Å²) in [5.41, 5.74) is 3.03. The maximum absolute atomic E-state index is 11.1. The molecule has 0 aromatic heterocycles. The lowest BCUT2D eigenvalue weighted by atomic mass is 10.0. The number of nitrogens with zero attached hydrogens (tertiary/aromatic N) is 1. The van der Waals surface area contributed by atoms with Gasteiger partial charge in [0.15, 0.2) is 0 Å². The molecule has 0 aliphatic carbocycles. The smallest absolute Gasteiger partial charge is 0.325 e. The minimum absolute atomic E-state index is 0.566. The van der Waals surface area contributed by atoms with Crippen LogP contribution in [-0.2, 0) is 4.79 Å². The summed E-state index contributed by atoms with van der Waals surface area (Å²) in [7, 11) is 3.55. The molecule has 0 saturated heterocycles. The van der Waals surface area contributed by atoms with Gasteiger partial charge in [0.1, 0.15) is 6.04 Å². The number of benzene rings is 1. The van der Waals surface area contributed by atoms with Gasteiger partial charge in [-0.15, -0.1) is 0 Å². The van der Waals surface area contributed by atoms with Crippen molar-refractivity contribution in [2.24, 2.45) is 0 Å². The first-order valence-electron chi connectivity index (χ1n) is 4.89. The minimum Gasteiger partial charge on any atom is -0.480 e. The van der Waals surface area contributed by atoms with Crippen molar-refractivity contribution in [1.29, 1.82) is 0 Å². The molecule has 0 aliphatic rings. The van der Waals surface area contributed by atoms with Crippen LogP contribution in [0.25, 0.3) is 0 Å². The molecule has 0 amide bonds. The lowest BCUT2D eigenvalue weighted by Crippen LogP contribution is -2.27. The number of carbonyl (C=O) groups is 1. The van der Waals surface area contributed by atoms with Crippen molar-refractivity contribution in [1.82, 2.24) is 4.90 Å². The van der Waals surface area contributed by atoms with Crippen molar-refractivity contribution >= 4 is 5.97 Å². The summed E-state index contributed by atoms with van der Waals surface area (Å²) >= 11 is 0. The first kappa shape index (κ1) is 11.7. The van der Waals surface area contributed by atoms with Crippen LogP contribution < -0.4 is 0 Å². The Morgan fingerprint density at radius 1 is 1.20 bits per heavy atom. The van der Waals surface area contributed by atoms with Gasteiger partial charge < -0.3 is 5.11 Å². The molecule has 82 valence electrons. The second-order valence-electron chi connectivity index (χ2n) is 4.13. The van der Waals surface area contributed by atoms with Gasteiger partial charge in [0, 0.05) is 0 Å². The third kappa shape index (κ3) is 2.80. The molecule has 0 radical (unpaired) electrons. The fourth-order valence-corrected chi connectivity index (χ4v) is 1.83. The van der Waals surface area contributed by atoms with Gasteiger partial charge in [-0.05, 0) is 33.5 Å². The normalized spacial score (nSPS) is 12.9. The summed E-state index contributed by atoms with van der Waals surface area (Å²) in [4.78, 5) is 12.8. The van der Waals surface area contributed by atoms with E-state index in [1.165, 1.54) is 0 Å². The van der Waals surface area contributed by atoms with Gasteiger partial charge in [-0.25, -0.2) is 0 Å². The van der Waals surface area contributed by atoms with Crippen LogP contribution in [-0.4, -0.2) is 30.1 Å². The van der Waals surface area contributed by atoms with Gasteiger partial charge in [-0.1, -0.05) is 29.3 Å². The summed E-state index contributed by atoms with van der Waals surface area (Å²) < 4.78 is 0. The third-order valence-electron chi connectivity index (χ3n) is 2.31. The number of aryl methyl sites for hydroxylation is 2. The van der Waals surface area contributed by atoms with E-state index < -0.39 is 12.0 Å². The van der Waals surface area contributed by atoms with Gasteiger partial charge in [-0.3, -0.25) is 9.69 Å². The van der Waals surface area contributed by atoms with Crippen LogP contribution in [0.5, 0.6) is 0 Å². The predicted octanol–water partition coefficient (Wildman–Crippen LogP) is 1.99. The standard InChI is InChI=1S/C12H17NO2/c1-8-5-9(2)7-10(6-8)11(12(14)15)13(3)4/h5-7,11H,1-4H3,(H,14,15). The fraction of sp³-hybridized carbons (Fsp3) is 0.417. The molecule has 0 fully saturated rings. The number of carboxylic acid groups (broad SMARTS) is 1. The molecule has 15 heavy (non-hydrogen) atoms. The Labute approximate surface area is 90.3 Å². The highest BCUT2D eigenvalue weighted by atomic mass is 16.4. The molecule has 3 nitrogen and oxygen atoms in total. The topological polar surface area (TPSA) is 40.5 Å². The fourth-order valence-electron chi connectivity index (χ4n) is 1.83. The third-order valence-corrected chi connectivity index (χ3v) is 2.31. The minimum atomic E-state index is -0.815.